The molecule has 3 aliphatic rings. The van der Waals surface area contributed by atoms with Gasteiger partial charge in [-0.15, -0.1) is 0 Å². The number of methoxy groups -OCH3 is 1. The number of rotatable bonds is 5. The molecule has 2 aromatic rings. The highest BCUT2D eigenvalue weighted by molar-refractivity contribution is 14.1. The van der Waals surface area contributed by atoms with Crippen LogP contribution in [-0.2, 0) is 0 Å². The summed E-state index contributed by atoms with van der Waals surface area (Å²) in [5.74, 6) is 2.73. The lowest BCUT2D eigenvalue weighted by molar-refractivity contribution is 0.210. The van der Waals surface area contributed by atoms with Crippen LogP contribution in [0.3, 0.4) is 0 Å². The zero-order chi connectivity index (χ0) is 19.8. The van der Waals surface area contributed by atoms with E-state index in [1.54, 1.807) is 7.11 Å². The van der Waals surface area contributed by atoms with Crippen LogP contribution in [0.25, 0.3) is 10.9 Å². The van der Waals surface area contributed by atoms with Crippen LogP contribution in [0.1, 0.15) is 44.9 Å². The Morgan fingerprint density at radius 1 is 1.00 bits per heavy atom. The summed E-state index contributed by atoms with van der Waals surface area (Å²) in [5, 5.41) is 4.85. The van der Waals surface area contributed by atoms with Gasteiger partial charge in [0.25, 0.3) is 0 Å². The van der Waals surface area contributed by atoms with Gasteiger partial charge in [0, 0.05) is 43.6 Å². The normalized spacial score (nSPS) is 21.5. The lowest BCUT2D eigenvalue weighted by Gasteiger charge is -2.33. The fourth-order valence-corrected chi connectivity index (χ4v) is 5.33. The lowest BCUT2D eigenvalue weighted by Crippen LogP contribution is -2.40. The van der Waals surface area contributed by atoms with Gasteiger partial charge in [-0.05, 0) is 79.7 Å². The van der Waals surface area contributed by atoms with Crippen LogP contribution in [0.4, 0.5) is 11.8 Å². The maximum atomic E-state index is 5.58. The molecule has 0 radical (unpaired) electrons. The van der Waals surface area contributed by atoms with Crippen molar-refractivity contribution >= 4 is 45.3 Å². The number of ether oxygens (including phenoxy) is 1. The van der Waals surface area contributed by atoms with E-state index in [0.717, 1.165) is 51.1 Å². The van der Waals surface area contributed by atoms with E-state index in [1.807, 2.05) is 0 Å². The molecule has 3 heterocycles. The number of hydrogen-bond acceptors (Lipinski definition) is 6. The highest BCUT2D eigenvalue weighted by Gasteiger charge is 2.32. The molecule has 7 heteroatoms. The van der Waals surface area contributed by atoms with Gasteiger partial charge in [0.05, 0.1) is 16.2 Å². The van der Waals surface area contributed by atoms with E-state index in [1.165, 1.54) is 58.0 Å². The topological polar surface area (TPSA) is 53.5 Å². The third kappa shape index (κ3) is 4.26. The molecule has 0 atom stereocenters. The summed E-state index contributed by atoms with van der Waals surface area (Å²) in [5.41, 5.74) is 1.00. The maximum absolute atomic E-state index is 5.58. The third-order valence-corrected chi connectivity index (χ3v) is 7.37. The Kier molecular flexibility index (Phi) is 5.69. The number of fused-ring (bicyclic) bond motifs is 1. The number of piperidine rings is 2. The molecule has 5 rings (SSSR count). The average Bonchev–Trinajstić information content (AvgIpc) is 3.60. The molecule has 29 heavy (non-hydrogen) atoms. The van der Waals surface area contributed by atoms with Crippen molar-refractivity contribution in [2.75, 3.05) is 43.5 Å². The second kappa shape index (κ2) is 8.41. The minimum absolute atomic E-state index is 0.475. The summed E-state index contributed by atoms with van der Waals surface area (Å²) < 4.78 is 6.67. The molecule has 0 bridgehead atoms. The SMILES string of the molecule is COc1cc2c(NC3CCN(C4CC4)CC3)nc(N3CCCCC3)nc2cc1I. The molecule has 1 aromatic carbocycles. The highest BCUT2D eigenvalue weighted by atomic mass is 127. The quantitative estimate of drug-likeness (QED) is 0.611. The Morgan fingerprint density at radius 3 is 2.45 bits per heavy atom. The van der Waals surface area contributed by atoms with E-state index in [-0.39, 0.29) is 0 Å². The second-order valence-electron chi connectivity index (χ2n) is 8.61. The Bertz CT molecular complexity index is 873. The molecule has 1 aliphatic carbocycles. The van der Waals surface area contributed by atoms with Crippen LogP contribution in [0.15, 0.2) is 12.1 Å². The van der Waals surface area contributed by atoms with Crippen LogP contribution in [-0.4, -0.2) is 60.2 Å². The highest BCUT2D eigenvalue weighted by Crippen LogP contribution is 2.34. The number of benzene rings is 1. The summed E-state index contributed by atoms with van der Waals surface area (Å²) in [7, 11) is 1.73. The largest absolute Gasteiger partial charge is 0.496 e. The first-order valence-electron chi connectivity index (χ1n) is 11.0. The first-order valence-corrected chi connectivity index (χ1v) is 12.1. The minimum atomic E-state index is 0.475. The van der Waals surface area contributed by atoms with Crippen molar-refractivity contribution in [1.29, 1.82) is 0 Å². The number of hydrogen-bond donors (Lipinski definition) is 1. The van der Waals surface area contributed by atoms with Crippen LogP contribution in [0, 0.1) is 3.57 Å². The van der Waals surface area contributed by atoms with Crippen LogP contribution < -0.4 is 15.0 Å². The van der Waals surface area contributed by atoms with E-state index in [2.05, 4.69) is 49.8 Å². The molecule has 156 valence electrons. The monoisotopic (exact) mass is 507 g/mol. The molecule has 0 spiro atoms. The zero-order valence-electron chi connectivity index (χ0n) is 17.2. The van der Waals surface area contributed by atoms with Crippen molar-refractivity contribution in [3.63, 3.8) is 0 Å². The Hall–Kier alpha value is -1.35. The van der Waals surface area contributed by atoms with Gasteiger partial charge in [-0.3, -0.25) is 0 Å². The molecule has 1 saturated carbocycles. The van der Waals surface area contributed by atoms with E-state index in [9.17, 15) is 0 Å². The molecule has 2 saturated heterocycles. The maximum Gasteiger partial charge on any atom is 0.227 e. The van der Waals surface area contributed by atoms with Gasteiger partial charge in [0.2, 0.25) is 5.95 Å². The van der Waals surface area contributed by atoms with Crippen LogP contribution in [0.2, 0.25) is 0 Å². The predicted octanol–water partition coefficient (Wildman–Crippen LogP) is 4.27. The second-order valence-corrected chi connectivity index (χ2v) is 9.77. The smallest absolute Gasteiger partial charge is 0.227 e. The van der Waals surface area contributed by atoms with Gasteiger partial charge in [-0.1, -0.05) is 0 Å². The van der Waals surface area contributed by atoms with Gasteiger partial charge < -0.3 is 19.9 Å². The molecule has 1 aromatic heterocycles. The fourth-order valence-electron chi connectivity index (χ4n) is 4.66. The number of aromatic nitrogens is 2. The summed E-state index contributed by atoms with van der Waals surface area (Å²) in [6, 6.07) is 5.57. The van der Waals surface area contributed by atoms with E-state index in [4.69, 9.17) is 14.7 Å². The van der Waals surface area contributed by atoms with Gasteiger partial charge in [-0.2, -0.15) is 4.98 Å². The Balaban J connectivity index is 1.45. The van der Waals surface area contributed by atoms with E-state index >= 15 is 0 Å². The summed E-state index contributed by atoms with van der Waals surface area (Å²) in [4.78, 5) is 15.0. The zero-order valence-corrected chi connectivity index (χ0v) is 19.3. The van der Waals surface area contributed by atoms with Crippen LogP contribution in [0.5, 0.6) is 5.75 Å². The summed E-state index contributed by atoms with van der Waals surface area (Å²) in [6.07, 6.45) is 8.92. The van der Waals surface area contributed by atoms with Gasteiger partial charge in [0.15, 0.2) is 0 Å². The first kappa shape index (κ1) is 19.6. The average molecular weight is 507 g/mol. The van der Waals surface area contributed by atoms with Crippen molar-refractivity contribution in [3.8, 4) is 5.75 Å². The van der Waals surface area contributed by atoms with Crippen molar-refractivity contribution in [2.24, 2.45) is 0 Å². The van der Waals surface area contributed by atoms with Gasteiger partial charge in [-0.25, -0.2) is 4.98 Å². The predicted molar refractivity (Wildman–Crippen MR) is 126 cm³/mol. The standard InChI is InChI=1S/C22H30IN5O/c1-29-20-13-17-19(14-18(20)23)25-22(28-9-3-2-4-10-28)26-21(17)24-15-7-11-27(12-8-15)16-5-6-16/h13-16H,2-12H2,1H3,(H,24,25,26). The van der Waals surface area contributed by atoms with Crippen molar-refractivity contribution in [3.05, 3.63) is 15.7 Å². The number of nitrogens with one attached hydrogen (secondary N) is 1. The molecule has 0 amide bonds. The minimum Gasteiger partial charge on any atom is -0.496 e. The van der Waals surface area contributed by atoms with E-state index in [0.29, 0.717) is 6.04 Å². The summed E-state index contributed by atoms with van der Waals surface area (Å²) >= 11 is 2.33. The van der Waals surface area contributed by atoms with Crippen molar-refractivity contribution in [2.45, 2.75) is 57.0 Å². The fraction of sp³-hybridized carbons (Fsp3) is 0.636. The molecule has 0 unspecified atom stereocenters. The van der Waals surface area contributed by atoms with Gasteiger partial charge in [0.1, 0.15) is 11.6 Å². The molecule has 3 fully saturated rings. The number of nitrogens with zero attached hydrogens (tertiary/aromatic N) is 4. The molecule has 2 aliphatic heterocycles. The lowest BCUT2D eigenvalue weighted by atomic mass is 10.0. The number of likely N-dealkylation sites (tertiary alicyclic amines) is 1. The summed E-state index contributed by atoms with van der Waals surface area (Å²) in [6.45, 7) is 4.51. The molecule has 1 N–H and O–H groups in total. The van der Waals surface area contributed by atoms with Gasteiger partial charge >= 0.3 is 0 Å². The Labute approximate surface area is 186 Å². The first-order chi connectivity index (χ1) is 14.2. The molecular formula is C22H30IN5O. The number of halogens is 1. The van der Waals surface area contributed by atoms with Crippen molar-refractivity contribution in [1.82, 2.24) is 14.9 Å². The van der Waals surface area contributed by atoms with E-state index < -0.39 is 0 Å². The Morgan fingerprint density at radius 2 is 1.76 bits per heavy atom. The third-order valence-electron chi connectivity index (χ3n) is 6.53. The number of anilines is 2. The molecular weight excluding hydrogens is 477 g/mol. The van der Waals surface area contributed by atoms with Crippen LogP contribution >= 0.6 is 22.6 Å². The van der Waals surface area contributed by atoms with Crippen molar-refractivity contribution < 1.29 is 4.74 Å². The molecule has 6 nitrogen and oxygen atoms in total.